The SMILES string of the molecule is Cc1cc(Br)cc(C(=O)N(CCO)C2CCCCC2)c1. The van der Waals surface area contributed by atoms with Gasteiger partial charge in [-0.2, -0.15) is 0 Å². The van der Waals surface area contributed by atoms with Crippen LogP contribution in [0.3, 0.4) is 0 Å². The van der Waals surface area contributed by atoms with Crippen LogP contribution in [-0.4, -0.2) is 35.1 Å². The lowest BCUT2D eigenvalue weighted by atomic mass is 9.93. The first-order valence-corrected chi connectivity index (χ1v) is 8.10. The fraction of sp³-hybridized carbons (Fsp3) is 0.562. The summed E-state index contributed by atoms with van der Waals surface area (Å²) in [6, 6.07) is 6.05. The Morgan fingerprint density at radius 1 is 1.30 bits per heavy atom. The van der Waals surface area contributed by atoms with Gasteiger partial charge in [-0.3, -0.25) is 4.79 Å². The maximum absolute atomic E-state index is 12.7. The molecule has 1 aliphatic rings. The highest BCUT2D eigenvalue weighted by molar-refractivity contribution is 9.10. The minimum Gasteiger partial charge on any atom is -0.395 e. The molecule has 0 saturated heterocycles. The predicted octanol–water partition coefficient (Wildman–Crippen LogP) is 3.52. The molecule has 0 atom stereocenters. The highest BCUT2D eigenvalue weighted by Gasteiger charge is 2.26. The van der Waals surface area contributed by atoms with Crippen molar-refractivity contribution in [2.45, 2.75) is 45.1 Å². The Bertz CT molecular complexity index is 449. The number of rotatable bonds is 4. The molecule has 0 bridgehead atoms. The first-order chi connectivity index (χ1) is 9.61. The Kier molecular flexibility index (Phi) is 5.61. The molecule has 20 heavy (non-hydrogen) atoms. The highest BCUT2D eigenvalue weighted by atomic mass is 79.9. The average molecular weight is 340 g/mol. The zero-order valence-corrected chi connectivity index (χ0v) is 13.5. The molecule has 3 nitrogen and oxygen atoms in total. The molecule has 1 aliphatic carbocycles. The second kappa shape index (κ2) is 7.23. The van der Waals surface area contributed by atoms with Gasteiger partial charge < -0.3 is 10.0 Å². The highest BCUT2D eigenvalue weighted by Crippen LogP contribution is 2.25. The Hall–Kier alpha value is -0.870. The van der Waals surface area contributed by atoms with E-state index in [0.29, 0.717) is 12.1 Å². The van der Waals surface area contributed by atoms with Crippen molar-refractivity contribution in [2.75, 3.05) is 13.2 Å². The molecular weight excluding hydrogens is 318 g/mol. The number of hydrogen-bond donors (Lipinski definition) is 1. The van der Waals surface area contributed by atoms with E-state index in [2.05, 4.69) is 15.9 Å². The number of carbonyl (C=O) groups excluding carboxylic acids is 1. The Morgan fingerprint density at radius 2 is 2.00 bits per heavy atom. The summed E-state index contributed by atoms with van der Waals surface area (Å²) in [5.41, 5.74) is 1.77. The number of halogens is 1. The van der Waals surface area contributed by atoms with Crippen LogP contribution >= 0.6 is 15.9 Å². The third-order valence-electron chi connectivity index (χ3n) is 3.91. The molecule has 0 spiro atoms. The van der Waals surface area contributed by atoms with Gasteiger partial charge in [-0.25, -0.2) is 0 Å². The van der Waals surface area contributed by atoms with E-state index in [0.717, 1.165) is 22.9 Å². The van der Waals surface area contributed by atoms with Gasteiger partial charge in [-0.1, -0.05) is 35.2 Å². The van der Waals surface area contributed by atoms with Crippen molar-refractivity contribution in [3.63, 3.8) is 0 Å². The van der Waals surface area contributed by atoms with E-state index >= 15 is 0 Å². The Morgan fingerprint density at radius 3 is 2.60 bits per heavy atom. The van der Waals surface area contributed by atoms with Crippen LogP contribution in [0.15, 0.2) is 22.7 Å². The number of hydrogen-bond acceptors (Lipinski definition) is 2. The fourth-order valence-electron chi connectivity index (χ4n) is 2.98. The molecule has 0 aliphatic heterocycles. The number of amides is 1. The second-order valence-corrected chi connectivity index (χ2v) is 6.45. The van der Waals surface area contributed by atoms with Crippen LogP contribution in [0.4, 0.5) is 0 Å². The van der Waals surface area contributed by atoms with Crippen molar-refractivity contribution in [1.82, 2.24) is 4.90 Å². The van der Waals surface area contributed by atoms with Crippen LogP contribution in [0, 0.1) is 6.92 Å². The van der Waals surface area contributed by atoms with Crippen LogP contribution in [-0.2, 0) is 0 Å². The zero-order valence-electron chi connectivity index (χ0n) is 11.9. The van der Waals surface area contributed by atoms with Crippen molar-refractivity contribution in [3.05, 3.63) is 33.8 Å². The lowest BCUT2D eigenvalue weighted by Gasteiger charge is -2.34. The average Bonchev–Trinajstić information content (AvgIpc) is 2.44. The third-order valence-corrected chi connectivity index (χ3v) is 4.36. The fourth-order valence-corrected chi connectivity index (χ4v) is 3.58. The minimum absolute atomic E-state index is 0.0230. The standard InChI is InChI=1S/C16H22BrNO2/c1-12-9-13(11-14(17)10-12)16(20)18(7-8-19)15-5-3-2-4-6-15/h9-11,15,19H,2-8H2,1H3. The second-order valence-electron chi connectivity index (χ2n) is 5.53. The molecule has 1 amide bonds. The summed E-state index contributed by atoms with van der Waals surface area (Å²) in [5.74, 6) is 0.0374. The van der Waals surface area contributed by atoms with E-state index in [-0.39, 0.29) is 18.6 Å². The molecule has 0 heterocycles. The zero-order chi connectivity index (χ0) is 14.5. The monoisotopic (exact) mass is 339 g/mol. The lowest BCUT2D eigenvalue weighted by Crippen LogP contribution is -2.43. The normalized spacial score (nSPS) is 16.1. The summed E-state index contributed by atoms with van der Waals surface area (Å²) in [6.07, 6.45) is 5.72. The van der Waals surface area contributed by atoms with Crippen molar-refractivity contribution >= 4 is 21.8 Å². The first kappa shape index (κ1) is 15.5. The van der Waals surface area contributed by atoms with E-state index in [1.54, 1.807) is 0 Å². The molecule has 1 saturated carbocycles. The number of benzene rings is 1. The molecule has 1 aromatic carbocycles. The number of nitrogens with zero attached hydrogens (tertiary/aromatic N) is 1. The van der Waals surface area contributed by atoms with Crippen LogP contribution < -0.4 is 0 Å². The van der Waals surface area contributed by atoms with E-state index < -0.39 is 0 Å². The van der Waals surface area contributed by atoms with Gasteiger partial charge in [-0.15, -0.1) is 0 Å². The van der Waals surface area contributed by atoms with E-state index in [9.17, 15) is 9.90 Å². The molecular formula is C16H22BrNO2. The van der Waals surface area contributed by atoms with Gasteiger partial charge in [0.2, 0.25) is 0 Å². The number of aliphatic hydroxyl groups is 1. The summed E-state index contributed by atoms with van der Waals surface area (Å²) in [4.78, 5) is 14.6. The van der Waals surface area contributed by atoms with Gasteiger partial charge in [0.25, 0.3) is 5.91 Å². The Labute approximate surface area is 129 Å². The Balaban J connectivity index is 2.20. The molecule has 1 N–H and O–H groups in total. The summed E-state index contributed by atoms with van der Waals surface area (Å²) in [7, 11) is 0. The van der Waals surface area contributed by atoms with Crippen LogP contribution in [0.2, 0.25) is 0 Å². The van der Waals surface area contributed by atoms with Crippen molar-refractivity contribution < 1.29 is 9.90 Å². The third kappa shape index (κ3) is 3.83. The van der Waals surface area contributed by atoms with Crippen LogP contribution in [0.25, 0.3) is 0 Å². The van der Waals surface area contributed by atoms with Crippen molar-refractivity contribution in [2.24, 2.45) is 0 Å². The smallest absolute Gasteiger partial charge is 0.254 e. The predicted molar refractivity (Wildman–Crippen MR) is 83.9 cm³/mol. The van der Waals surface area contributed by atoms with Gasteiger partial charge in [0.15, 0.2) is 0 Å². The largest absolute Gasteiger partial charge is 0.395 e. The number of aliphatic hydroxyl groups excluding tert-OH is 1. The maximum Gasteiger partial charge on any atom is 0.254 e. The van der Waals surface area contributed by atoms with Crippen molar-refractivity contribution in [1.29, 1.82) is 0 Å². The topological polar surface area (TPSA) is 40.5 Å². The maximum atomic E-state index is 12.7. The number of aryl methyl sites for hydroxylation is 1. The van der Waals surface area contributed by atoms with E-state index in [1.807, 2.05) is 30.0 Å². The van der Waals surface area contributed by atoms with E-state index in [4.69, 9.17) is 0 Å². The van der Waals surface area contributed by atoms with Crippen LogP contribution in [0.5, 0.6) is 0 Å². The molecule has 1 aromatic rings. The molecule has 0 radical (unpaired) electrons. The van der Waals surface area contributed by atoms with Gasteiger partial charge in [0.05, 0.1) is 6.61 Å². The summed E-state index contributed by atoms with van der Waals surface area (Å²) in [6.45, 7) is 2.43. The van der Waals surface area contributed by atoms with Crippen molar-refractivity contribution in [3.8, 4) is 0 Å². The quantitative estimate of drug-likeness (QED) is 0.911. The van der Waals surface area contributed by atoms with Gasteiger partial charge in [0.1, 0.15) is 0 Å². The number of carbonyl (C=O) groups is 1. The molecule has 0 aromatic heterocycles. The lowest BCUT2D eigenvalue weighted by molar-refractivity contribution is 0.0585. The molecule has 2 rings (SSSR count). The minimum atomic E-state index is 0.0230. The molecule has 4 heteroatoms. The van der Waals surface area contributed by atoms with Gasteiger partial charge >= 0.3 is 0 Å². The summed E-state index contributed by atoms with van der Waals surface area (Å²) in [5, 5.41) is 9.27. The molecule has 1 fully saturated rings. The summed E-state index contributed by atoms with van der Waals surface area (Å²) < 4.78 is 0.924. The van der Waals surface area contributed by atoms with Crippen LogP contribution in [0.1, 0.15) is 48.0 Å². The molecule has 0 unspecified atom stereocenters. The van der Waals surface area contributed by atoms with Gasteiger partial charge in [0, 0.05) is 22.6 Å². The molecule has 110 valence electrons. The summed E-state index contributed by atoms with van der Waals surface area (Å²) >= 11 is 3.45. The van der Waals surface area contributed by atoms with Gasteiger partial charge in [-0.05, 0) is 43.5 Å². The van der Waals surface area contributed by atoms with E-state index in [1.165, 1.54) is 19.3 Å². The first-order valence-electron chi connectivity index (χ1n) is 7.31.